The molecular weight excluding hydrogens is 246 g/mol. The first-order valence-corrected chi connectivity index (χ1v) is 6.65. The van der Waals surface area contributed by atoms with Gasteiger partial charge in [-0.1, -0.05) is 6.92 Å². The molecule has 0 unspecified atom stereocenters. The van der Waals surface area contributed by atoms with Crippen LogP contribution < -0.4 is 10.6 Å². The van der Waals surface area contributed by atoms with E-state index in [0.717, 1.165) is 32.2 Å². The molecule has 0 atom stereocenters. The predicted molar refractivity (Wildman–Crippen MR) is 73.5 cm³/mol. The molecule has 1 aromatic rings. The number of nitrogens with one attached hydrogen (secondary N) is 2. The maximum absolute atomic E-state index is 11.1. The highest BCUT2D eigenvalue weighted by Crippen LogP contribution is 2.30. The molecule has 7 nitrogen and oxygen atoms in total. The minimum absolute atomic E-state index is 0.0195. The summed E-state index contributed by atoms with van der Waals surface area (Å²) in [6.07, 6.45) is 4.19. The third-order valence-electron chi connectivity index (χ3n) is 3.22. The van der Waals surface area contributed by atoms with Gasteiger partial charge in [0.05, 0.1) is 4.92 Å². The third-order valence-corrected chi connectivity index (χ3v) is 3.22. The summed E-state index contributed by atoms with van der Waals surface area (Å²) in [7, 11) is 0. The maximum atomic E-state index is 11.1. The summed E-state index contributed by atoms with van der Waals surface area (Å²) in [5.41, 5.74) is 0.370. The SMILES string of the molecule is CCCNc1nc(C)c([N+](=O)[O-])c(NC2CCC2)n1. The first-order valence-electron chi connectivity index (χ1n) is 6.65. The Morgan fingerprint density at radius 1 is 1.42 bits per heavy atom. The minimum Gasteiger partial charge on any atom is -0.361 e. The van der Waals surface area contributed by atoms with Crippen molar-refractivity contribution >= 4 is 17.5 Å². The van der Waals surface area contributed by atoms with E-state index in [1.807, 2.05) is 6.92 Å². The van der Waals surface area contributed by atoms with Gasteiger partial charge in [-0.05, 0) is 32.6 Å². The Bertz CT molecular complexity index is 473. The van der Waals surface area contributed by atoms with E-state index in [-0.39, 0.29) is 5.69 Å². The van der Waals surface area contributed by atoms with Crippen LogP contribution in [0.5, 0.6) is 0 Å². The number of nitro groups is 1. The highest BCUT2D eigenvalue weighted by atomic mass is 16.6. The van der Waals surface area contributed by atoms with Gasteiger partial charge in [-0.2, -0.15) is 4.98 Å². The van der Waals surface area contributed by atoms with E-state index >= 15 is 0 Å². The summed E-state index contributed by atoms with van der Waals surface area (Å²) >= 11 is 0. The van der Waals surface area contributed by atoms with Crippen molar-refractivity contribution in [3.8, 4) is 0 Å². The lowest BCUT2D eigenvalue weighted by atomic mass is 9.93. The van der Waals surface area contributed by atoms with Crippen molar-refractivity contribution in [1.82, 2.24) is 9.97 Å². The Labute approximate surface area is 112 Å². The molecule has 1 aliphatic rings. The van der Waals surface area contributed by atoms with Gasteiger partial charge in [0, 0.05) is 12.6 Å². The molecule has 1 saturated carbocycles. The number of aromatic nitrogens is 2. The number of rotatable bonds is 6. The molecule has 7 heteroatoms. The summed E-state index contributed by atoms with van der Waals surface area (Å²) in [6.45, 7) is 4.43. The van der Waals surface area contributed by atoms with Crippen LogP contribution in [0.1, 0.15) is 38.3 Å². The van der Waals surface area contributed by atoms with Crippen molar-refractivity contribution in [1.29, 1.82) is 0 Å². The van der Waals surface area contributed by atoms with Crippen molar-refractivity contribution in [2.24, 2.45) is 0 Å². The van der Waals surface area contributed by atoms with Gasteiger partial charge in [0.15, 0.2) is 0 Å². The highest BCUT2D eigenvalue weighted by molar-refractivity contribution is 5.61. The van der Waals surface area contributed by atoms with Crippen LogP contribution in [0.3, 0.4) is 0 Å². The van der Waals surface area contributed by atoms with E-state index in [9.17, 15) is 10.1 Å². The average molecular weight is 265 g/mol. The van der Waals surface area contributed by atoms with E-state index in [1.54, 1.807) is 6.92 Å². The largest absolute Gasteiger partial charge is 0.361 e. The quantitative estimate of drug-likeness (QED) is 0.606. The summed E-state index contributed by atoms with van der Waals surface area (Å²) in [6, 6.07) is 0.298. The number of hydrogen-bond donors (Lipinski definition) is 2. The Kier molecular flexibility index (Phi) is 4.13. The topological polar surface area (TPSA) is 93.0 Å². The molecule has 0 radical (unpaired) electrons. The number of nitrogens with zero attached hydrogens (tertiary/aromatic N) is 3. The van der Waals surface area contributed by atoms with Crippen LogP contribution in [0.15, 0.2) is 0 Å². The van der Waals surface area contributed by atoms with Gasteiger partial charge in [-0.25, -0.2) is 4.98 Å². The van der Waals surface area contributed by atoms with Crippen molar-refractivity contribution in [2.75, 3.05) is 17.2 Å². The van der Waals surface area contributed by atoms with Crippen LogP contribution >= 0.6 is 0 Å². The summed E-state index contributed by atoms with van der Waals surface area (Å²) < 4.78 is 0. The maximum Gasteiger partial charge on any atom is 0.332 e. The van der Waals surface area contributed by atoms with Crippen molar-refractivity contribution in [2.45, 2.75) is 45.6 Å². The van der Waals surface area contributed by atoms with Gasteiger partial charge in [-0.15, -0.1) is 0 Å². The Morgan fingerprint density at radius 2 is 2.16 bits per heavy atom. The van der Waals surface area contributed by atoms with Crippen LogP contribution in [0.25, 0.3) is 0 Å². The molecular formula is C12H19N5O2. The Balaban J connectivity index is 2.27. The predicted octanol–water partition coefficient (Wildman–Crippen LogP) is 2.48. The molecule has 1 fully saturated rings. The van der Waals surface area contributed by atoms with Gasteiger partial charge in [0.2, 0.25) is 11.8 Å². The van der Waals surface area contributed by atoms with Crippen LogP contribution in [0.4, 0.5) is 17.5 Å². The Hall–Kier alpha value is -1.92. The molecule has 1 aromatic heterocycles. The fraction of sp³-hybridized carbons (Fsp3) is 0.667. The van der Waals surface area contributed by atoms with Crippen molar-refractivity contribution in [3.05, 3.63) is 15.8 Å². The smallest absolute Gasteiger partial charge is 0.332 e. The monoisotopic (exact) mass is 265 g/mol. The fourth-order valence-electron chi connectivity index (χ4n) is 1.95. The molecule has 0 amide bonds. The molecule has 0 spiro atoms. The van der Waals surface area contributed by atoms with Gasteiger partial charge in [0.1, 0.15) is 5.69 Å². The molecule has 1 aliphatic carbocycles. The molecule has 19 heavy (non-hydrogen) atoms. The van der Waals surface area contributed by atoms with Crippen LogP contribution in [-0.4, -0.2) is 27.5 Å². The summed E-state index contributed by atoms with van der Waals surface area (Å²) in [5.74, 6) is 0.785. The van der Waals surface area contributed by atoms with E-state index in [4.69, 9.17) is 0 Å². The standard InChI is InChI=1S/C12H19N5O2/c1-3-7-13-12-14-8(2)10(17(18)19)11(16-12)15-9-5-4-6-9/h9H,3-7H2,1-2H3,(H2,13,14,15,16). The summed E-state index contributed by atoms with van der Waals surface area (Å²) in [4.78, 5) is 19.1. The molecule has 0 aliphatic heterocycles. The van der Waals surface area contributed by atoms with E-state index in [0.29, 0.717) is 23.5 Å². The first kappa shape index (κ1) is 13.5. The van der Waals surface area contributed by atoms with Gasteiger partial charge in [0.25, 0.3) is 0 Å². The second-order valence-corrected chi connectivity index (χ2v) is 4.79. The second-order valence-electron chi connectivity index (χ2n) is 4.79. The third kappa shape index (κ3) is 3.10. The molecule has 0 saturated heterocycles. The molecule has 104 valence electrons. The van der Waals surface area contributed by atoms with Gasteiger partial charge >= 0.3 is 5.69 Å². The normalized spacial score (nSPS) is 14.8. The van der Waals surface area contributed by atoms with Gasteiger partial charge < -0.3 is 10.6 Å². The lowest BCUT2D eigenvalue weighted by molar-refractivity contribution is -0.385. The van der Waals surface area contributed by atoms with Crippen molar-refractivity contribution in [3.63, 3.8) is 0 Å². The first-order chi connectivity index (χ1) is 9.11. The minimum atomic E-state index is -0.417. The molecule has 2 rings (SSSR count). The number of anilines is 2. The van der Waals surface area contributed by atoms with Gasteiger partial charge in [-0.3, -0.25) is 10.1 Å². The number of hydrogen-bond acceptors (Lipinski definition) is 6. The lowest BCUT2D eigenvalue weighted by Gasteiger charge is -2.26. The van der Waals surface area contributed by atoms with E-state index in [1.165, 1.54) is 0 Å². The zero-order chi connectivity index (χ0) is 13.8. The van der Waals surface area contributed by atoms with Crippen LogP contribution in [0.2, 0.25) is 0 Å². The molecule has 2 N–H and O–H groups in total. The second kappa shape index (κ2) is 5.81. The van der Waals surface area contributed by atoms with E-state index < -0.39 is 4.92 Å². The highest BCUT2D eigenvalue weighted by Gasteiger charge is 2.26. The fourth-order valence-corrected chi connectivity index (χ4v) is 1.95. The average Bonchev–Trinajstić information content (AvgIpc) is 2.30. The van der Waals surface area contributed by atoms with Crippen LogP contribution in [0, 0.1) is 17.0 Å². The van der Waals surface area contributed by atoms with Crippen molar-refractivity contribution < 1.29 is 4.92 Å². The molecule has 0 bridgehead atoms. The lowest BCUT2D eigenvalue weighted by Crippen LogP contribution is -2.28. The zero-order valence-electron chi connectivity index (χ0n) is 11.3. The molecule has 1 heterocycles. The Morgan fingerprint density at radius 3 is 2.68 bits per heavy atom. The number of aryl methyl sites for hydroxylation is 1. The van der Waals surface area contributed by atoms with Crippen LogP contribution in [-0.2, 0) is 0 Å². The van der Waals surface area contributed by atoms with E-state index in [2.05, 4.69) is 20.6 Å². The zero-order valence-corrected chi connectivity index (χ0v) is 11.3. The molecule has 0 aromatic carbocycles. The summed E-state index contributed by atoms with van der Waals surface area (Å²) in [5, 5.41) is 17.3.